The Bertz CT molecular complexity index is 304. The van der Waals surface area contributed by atoms with Crippen LogP contribution in [0, 0.1) is 11.4 Å². The van der Waals surface area contributed by atoms with Crippen molar-refractivity contribution in [3.05, 3.63) is 24.3 Å². The highest BCUT2D eigenvalue weighted by Crippen LogP contribution is 2.19. The Labute approximate surface area is 84.8 Å². The maximum absolute atomic E-state index is 12.8. The fraction of sp³-hybridized carbons (Fsp3) is 0.545. The maximum atomic E-state index is 12.8. The molecule has 0 aromatic carbocycles. The maximum Gasteiger partial charge on any atom is 0.214 e. The van der Waals surface area contributed by atoms with E-state index in [-0.39, 0.29) is 5.41 Å². The van der Waals surface area contributed by atoms with E-state index in [4.69, 9.17) is 0 Å². The van der Waals surface area contributed by atoms with Crippen LogP contribution in [0.15, 0.2) is 18.3 Å². The second-order valence-electron chi connectivity index (χ2n) is 4.75. The standard InChI is InChI=1S/C11H17FN2/c1-11(2,3)8-14(4)9-5-6-13-10(12)7-9/h5-7H,8H2,1-4H3. The highest BCUT2D eigenvalue weighted by atomic mass is 19.1. The second-order valence-corrected chi connectivity index (χ2v) is 4.75. The number of aromatic nitrogens is 1. The van der Waals surface area contributed by atoms with Gasteiger partial charge in [-0.15, -0.1) is 0 Å². The predicted octanol–water partition coefficient (Wildman–Crippen LogP) is 2.70. The molecule has 0 radical (unpaired) electrons. The third-order valence-electron chi connectivity index (χ3n) is 1.86. The molecule has 0 atom stereocenters. The van der Waals surface area contributed by atoms with Gasteiger partial charge >= 0.3 is 0 Å². The summed E-state index contributed by atoms with van der Waals surface area (Å²) in [6.07, 6.45) is 1.49. The average Bonchev–Trinajstić information content (AvgIpc) is 2.01. The van der Waals surface area contributed by atoms with E-state index >= 15 is 0 Å². The van der Waals surface area contributed by atoms with Gasteiger partial charge in [-0.05, 0) is 11.5 Å². The molecule has 0 aliphatic carbocycles. The van der Waals surface area contributed by atoms with Crippen LogP contribution in [0.1, 0.15) is 20.8 Å². The topological polar surface area (TPSA) is 16.1 Å². The molecule has 0 N–H and O–H groups in total. The van der Waals surface area contributed by atoms with Gasteiger partial charge < -0.3 is 4.90 Å². The van der Waals surface area contributed by atoms with Crippen LogP contribution in [0.2, 0.25) is 0 Å². The van der Waals surface area contributed by atoms with Crippen LogP contribution >= 0.6 is 0 Å². The van der Waals surface area contributed by atoms with Crippen LogP contribution in [0.25, 0.3) is 0 Å². The van der Waals surface area contributed by atoms with Gasteiger partial charge in [-0.25, -0.2) is 4.98 Å². The first-order valence-electron chi connectivity index (χ1n) is 4.71. The molecule has 0 unspecified atom stereocenters. The van der Waals surface area contributed by atoms with Crippen LogP contribution in [-0.2, 0) is 0 Å². The van der Waals surface area contributed by atoms with Crippen LogP contribution < -0.4 is 4.90 Å². The van der Waals surface area contributed by atoms with Crippen LogP contribution in [0.3, 0.4) is 0 Å². The zero-order valence-electron chi connectivity index (χ0n) is 9.21. The van der Waals surface area contributed by atoms with E-state index in [2.05, 4.69) is 25.8 Å². The van der Waals surface area contributed by atoms with Gasteiger partial charge in [0.25, 0.3) is 0 Å². The lowest BCUT2D eigenvalue weighted by Gasteiger charge is -2.28. The lowest BCUT2D eigenvalue weighted by molar-refractivity contribution is 0.418. The van der Waals surface area contributed by atoms with Crippen molar-refractivity contribution in [3.63, 3.8) is 0 Å². The lowest BCUT2D eigenvalue weighted by Crippen LogP contribution is -2.29. The largest absolute Gasteiger partial charge is 0.374 e. The van der Waals surface area contributed by atoms with Crippen LogP contribution in [0.5, 0.6) is 0 Å². The third kappa shape index (κ3) is 3.32. The molecule has 14 heavy (non-hydrogen) atoms. The predicted molar refractivity (Wildman–Crippen MR) is 56.9 cm³/mol. The average molecular weight is 196 g/mol. The minimum Gasteiger partial charge on any atom is -0.374 e. The first kappa shape index (κ1) is 11.0. The molecular formula is C11H17FN2. The van der Waals surface area contributed by atoms with Crippen molar-refractivity contribution in [2.75, 3.05) is 18.5 Å². The SMILES string of the molecule is CN(CC(C)(C)C)c1ccnc(F)c1. The number of hydrogen-bond donors (Lipinski definition) is 0. The van der Waals surface area contributed by atoms with Crippen molar-refractivity contribution in [3.8, 4) is 0 Å². The fourth-order valence-electron chi connectivity index (χ4n) is 1.43. The molecule has 78 valence electrons. The summed E-state index contributed by atoms with van der Waals surface area (Å²) in [5.41, 5.74) is 1.07. The van der Waals surface area contributed by atoms with Gasteiger partial charge in [0.15, 0.2) is 0 Å². The molecule has 3 heteroatoms. The molecule has 2 nitrogen and oxygen atoms in total. The fourth-order valence-corrected chi connectivity index (χ4v) is 1.43. The van der Waals surface area contributed by atoms with Crippen molar-refractivity contribution >= 4 is 5.69 Å². The quantitative estimate of drug-likeness (QED) is 0.676. The Morgan fingerprint density at radius 3 is 2.57 bits per heavy atom. The molecule has 0 fully saturated rings. The Morgan fingerprint density at radius 2 is 2.07 bits per heavy atom. The molecule has 0 bridgehead atoms. The van der Waals surface area contributed by atoms with Gasteiger partial charge in [0.1, 0.15) is 0 Å². The first-order valence-corrected chi connectivity index (χ1v) is 4.71. The highest BCUT2D eigenvalue weighted by molar-refractivity contribution is 5.44. The van der Waals surface area contributed by atoms with Gasteiger partial charge in [0, 0.05) is 31.5 Å². The lowest BCUT2D eigenvalue weighted by atomic mass is 9.96. The van der Waals surface area contributed by atoms with Crippen LogP contribution in [-0.4, -0.2) is 18.6 Å². The molecule has 0 spiro atoms. The molecule has 0 aliphatic rings. The summed E-state index contributed by atoms with van der Waals surface area (Å²) in [5.74, 6) is -0.428. The summed E-state index contributed by atoms with van der Waals surface area (Å²) in [7, 11) is 1.96. The Balaban J connectivity index is 2.74. The van der Waals surface area contributed by atoms with Gasteiger partial charge in [-0.2, -0.15) is 4.39 Å². The van der Waals surface area contributed by atoms with Crippen LogP contribution in [0.4, 0.5) is 10.1 Å². The Kier molecular flexibility index (Phi) is 3.09. The van der Waals surface area contributed by atoms with Crippen molar-refractivity contribution in [2.24, 2.45) is 5.41 Å². The van der Waals surface area contributed by atoms with E-state index in [9.17, 15) is 4.39 Å². The summed E-state index contributed by atoms with van der Waals surface area (Å²) in [6, 6.07) is 3.26. The van der Waals surface area contributed by atoms with E-state index in [0.29, 0.717) is 0 Å². The van der Waals surface area contributed by atoms with E-state index in [1.165, 1.54) is 12.3 Å². The van der Waals surface area contributed by atoms with Gasteiger partial charge in [-0.1, -0.05) is 20.8 Å². The van der Waals surface area contributed by atoms with Gasteiger partial charge in [-0.3, -0.25) is 0 Å². The van der Waals surface area contributed by atoms with Crippen molar-refractivity contribution < 1.29 is 4.39 Å². The molecule has 0 saturated heterocycles. The molecular weight excluding hydrogens is 179 g/mol. The number of rotatable bonds is 2. The second kappa shape index (κ2) is 3.95. The smallest absolute Gasteiger partial charge is 0.214 e. The summed E-state index contributed by atoms with van der Waals surface area (Å²) in [5, 5.41) is 0. The highest BCUT2D eigenvalue weighted by Gasteiger charge is 2.14. The monoisotopic (exact) mass is 196 g/mol. The van der Waals surface area contributed by atoms with Crippen molar-refractivity contribution in [1.82, 2.24) is 4.98 Å². The van der Waals surface area contributed by atoms with Crippen molar-refractivity contribution in [2.45, 2.75) is 20.8 Å². The van der Waals surface area contributed by atoms with E-state index in [1.54, 1.807) is 0 Å². The molecule has 0 aliphatic heterocycles. The number of pyridine rings is 1. The number of nitrogens with zero attached hydrogens (tertiary/aromatic N) is 2. The summed E-state index contributed by atoms with van der Waals surface area (Å²) in [6.45, 7) is 7.35. The van der Waals surface area contributed by atoms with Gasteiger partial charge in [0.05, 0.1) is 0 Å². The summed E-state index contributed by atoms with van der Waals surface area (Å²) >= 11 is 0. The molecule has 1 heterocycles. The molecule has 0 amide bonds. The third-order valence-corrected chi connectivity index (χ3v) is 1.86. The van der Waals surface area contributed by atoms with E-state index in [0.717, 1.165) is 12.2 Å². The Hall–Kier alpha value is -1.12. The number of anilines is 1. The molecule has 0 saturated carbocycles. The molecule has 1 aromatic rings. The zero-order valence-corrected chi connectivity index (χ0v) is 9.21. The molecule has 1 aromatic heterocycles. The van der Waals surface area contributed by atoms with Gasteiger partial charge in [0.2, 0.25) is 5.95 Å². The van der Waals surface area contributed by atoms with E-state index < -0.39 is 5.95 Å². The summed E-state index contributed by atoms with van der Waals surface area (Å²) < 4.78 is 12.8. The first-order chi connectivity index (χ1) is 6.38. The normalized spacial score (nSPS) is 11.5. The van der Waals surface area contributed by atoms with Crippen molar-refractivity contribution in [1.29, 1.82) is 0 Å². The Morgan fingerprint density at radius 1 is 1.43 bits per heavy atom. The van der Waals surface area contributed by atoms with E-state index in [1.807, 2.05) is 18.0 Å². The minimum atomic E-state index is -0.428. The number of hydrogen-bond acceptors (Lipinski definition) is 2. The minimum absolute atomic E-state index is 0.203. The zero-order chi connectivity index (χ0) is 10.8. The number of halogens is 1. The summed E-state index contributed by atoms with van der Waals surface area (Å²) in [4.78, 5) is 5.56. The molecule has 1 rings (SSSR count).